The highest BCUT2D eigenvalue weighted by molar-refractivity contribution is 6.04. The summed E-state index contributed by atoms with van der Waals surface area (Å²) >= 11 is 0. The Morgan fingerprint density at radius 2 is 1.08 bits per heavy atom. The lowest BCUT2D eigenvalue weighted by molar-refractivity contribution is 0.546. The number of nitrogens with zero attached hydrogens (tertiary/aromatic N) is 1. The van der Waals surface area contributed by atoms with Crippen LogP contribution in [0.1, 0.15) is 40.0 Å². The van der Waals surface area contributed by atoms with Gasteiger partial charge in [0.05, 0.1) is 16.5 Å². The highest BCUT2D eigenvalue weighted by atomic mass is 16.3. The first-order valence-electron chi connectivity index (χ1n) is 17.9. The van der Waals surface area contributed by atoms with Crippen LogP contribution in [0.15, 0.2) is 174 Å². The van der Waals surface area contributed by atoms with E-state index in [-0.39, 0.29) is 5.41 Å². The summed E-state index contributed by atoms with van der Waals surface area (Å²) < 4.78 is 6.50. The standard InChI is InChI=1S/C49H33NO/c1-2-13-32(14-3-1)33-25-27-34(28-26-33)50(45-22-12-24-47-48(45)39-18-7-11-23-46(39)51-47)35-29-30-44-40(31-35)38-17-6-10-21-43(38)49(44)41-19-8-4-15-36(41)37-16-5-9-20-42(37)49/h1-10,12-22,24-31H,11,23H2. The average Bonchev–Trinajstić information content (AvgIpc) is 3.83. The molecule has 0 saturated carbocycles. The Kier molecular flexibility index (Phi) is 6.03. The van der Waals surface area contributed by atoms with Crippen LogP contribution in [0.3, 0.4) is 0 Å². The summed E-state index contributed by atoms with van der Waals surface area (Å²) in [6.07, 6.45) is 6.45. The number of hydrogen-bond donors (Lipinski definition) is 0. The Balaban J connectivity index is 1.16. The molecule has 51 heavy (non-hydrogen) atoms. The molecule has 0 unspecified atom stereocenters. The summed E-state index contributed by atoms with van der Waals surface area (Å²) in [6.45, 7) is 0. The van der Waals surface area contributed by atoms with Gasteiger partial charge in [0.15, 0.2) is 0 Å². The maximum absolute atomic E-state index is 6.50. The average molecular weight is 652 g/mol. The molecule has 240 valence electrons. The second-order valence-electron chi connectivity index (χ2n) is 13.9. The van der Waals surface area contributed by atoms with Gasteiger partial charge < -0.3 is 9.32 Å². The fourth-order valence-corrected chi connectivity index (χ4v) is 9.25. The van der Waals surface area contributed by atoms with Crippen molar-refractivity contribution in [1.29, 1.82) is 0 Å². The van der Waals surface area contributed by atoms with Crippen molar-refractivity contribution >= 4 is 34.1 Å². The van der Waals surface area contributed by atoms with Crippen LogP contribution < -0.4 is 4.90 Å². The van der Waals surface area contributed by atoms with Crippen LogP contribution in [0, 0.1) is 0 Å². The van der Waals surface area contributed by atoms with Gasteiger partial charge in [-0.15, -0.1) is 0 Å². The van der Waals surface area contributed by atoms with Gasteiger partial charge >= 0.3 is 0 Å². The zero-order chi connectivity index (χ0) is 33.5. The number of benzene rings is 7. The summed E-state index contributed by atoms with van der Waals surface area (Å²) in [4.78, 5) is 2.43. The summed E-state index contributed by atoms with van der Waals surface area (Å²) in [5, 5.41) is 1.16. The molecule has 0 radical (unpaired) electrons. The van der Waals surface area contributed by atoms with E-state index in [9.17, 15) is 0 Å². The predicted octanol–water partition coefficient (Wildman–Crippen LogP) is 12.9. The quantitative estimate of drug-likeness (QED) is 0.188. The maximum Gasteiger partial charge on any atom is 0.137 e. The van der Waals surface area contributed by atoms with Crippen LogP contribution in [0.25, 0.3) is 50.4 Å². The van der Waals surface area contributed by atoms with Gasteiger partial charge in [-0.25, -0.2) is 0 Å². The Hall–Kier alpha value is -6.38. The van der Waals surface area contributed by atoms with E-state index in [0.717, 1.165) is 46.6 Å². The van der Waals surface area contributed by atoms with Crippen molar-refractivity contribution < 1.29 is 4.42 Å². The number of allylic oxidation sites excluding steroid dienone is 1. The number of hydrogen-bond acceptors (Lipinski definition) is 2. The van der Waals surface area contributed by atoms with E-state index in [1.807, 2.05) is 0 Å². The Bertz CT molecular complexity index is 2650. The van der Waals surface area contributed by atoms with Crippen LogP contribution in [0.4, 0.5) is 17.1 Å². The molecule has 3 aliphatic rings. The molecule has 8 aromatic rings. The molecule has 3 aliphatic carbocycles. The van der Waals surface area contributed by atoms with E-state index >= 15 is 0 Å². The summed E-state index contributed by atoms with van der Waals surface area (Å²) in [5.74, 6) is 1.07. The van der Waals surface area contributed by atoms with Crippen molar-refractivity contribution in [2.75, 3.05) is 4.90 Å². The molecule has 1 aromatic heterocycles. The molecule has 0 aliphatic heterocycles. The molecule has 0 atom stereocenters. The molecule has 2 heteroatoms. The van der Waals surface area contributed by atoms with E-state index in [2.05, 4.69) is 181 Å². The maximum atomic E-state index is 6.50. The minimum Gasteiger partial charge on any atom is -0.460 e. The van der Waals surface area contributed by atoms with E-state index in [0.29, 0.717) is 0 Å². The highest BCUT2D eigenvalue weighted by Gasteiger charge is 2.51. The van der Waals surface area contributed by atoms with Crippen molar-refractivity contribution in [3.05, 3.63) is 203 Å². The van der Waals surface area contributed by atoms with Gasteiger partial charge in [-0.3, -0.25) is 0 Å². The number of aryl methyl sites for hydroxylation is 1. The molecule has 0 saturated heterocycles. The molecule has 1 heterocycles. The van der Waals surface area contributed by atoms with Crippen molar-refractivity contribution in [2.45, 2.75) is 18.3 Å². The van der Waals surface area contributed by atoms with Crippen molar-refractivity contribution in [3.63, 3.8) is 0 Å². The van der Waals surface area contributed by atoms with E-state index in [1.165, 1.54) is 61.2 Å². The zero-order valence-corrected chi connectivity index (χ0v) is 28.0. The molecule has 0 N–H and O–H groups in total. The van der Waals surface area contributed by atoms with E-state index in [4.69, 9.17) is 4.42 Å². The van der Waals surface area contributed by atoms with Gasteiger partial charge in [-0.05, 0) is 98.5 Å². The van der Waals surface area contributed by atoms with Gasteiger partial charge in [0.25, 0.3) is 0 Å². The number of anilines is 3. The highest BCUT2D eigenvalue weighted by Crippen LogP contribution is 2.63. The first-order chi connectivity index (χ1) is 25.3. The lowest BCUT2D eigenvalue weighted by Crippen LogP contribution is -2.25. The Labute approximate surface area is 297 Å². The van der Waals surface area contributed by atoms with E-state index < -0.39 is 0 Å². The van der Waals surface area contributed by atoms with Crippen LogP contribution in [0.2, 0.25) is 0 Å². The Morgan fingerprint density at radius 1 is 0.490 bits per heavy atom. The first kappa shape index (κ1) is 28.5. The molecule has 7 aromatic carbocycles. The van der Waals surface area contributed by atoms with Crippen molar-refractivity contribution in [3.8, 4) is 33.4 Å². The molecule has 1 spiro atoms. The predicted molar refractivity (Wildman–Crippen MR) is 210 cm³/mol. The Morgan fingerprint density at radius 3 is 1.78 bits per heavy atom. The lowest BCUT2D eigenvalue weighted by atomic mass is 9.70. The van der Waals surface area contributed by atoms with Crippen LogP contribution in [-0.4, -0.2) is 0 Å². The number of furan rings is 1. The summed E-state index contributed by atoms with van der Waals surface area (Å²) in [7, 11) is 0. The molecule has 2 nitrogen and oxygen atoms in total. The minimum atomic E-state index is -0.367. The minimum absolute atomic E-state index is 0.367. The third-order valence-electron chi connectivity index (χ3n) is 11.3. The summed E-state index contributed by atoms with van der Waals surface area (Å²) in [5.41, 5.74) is 18.1. The largest absolute Gasteiger partial charge is 0.460 e. The molecule has 0 amide bonds. The number of fused-ring (bicyclic) bond motifs is 13. The van der Waals surface area contributed by atoms with E-state index in [1.54, 1.807) is 0 Å². The fourth-order valence-electron chi connectivity index (χ4n) is 9.25. The SMILES string of the molecule is C1=Cc2c(oc3cccc(N(c4ccc(-c5ccccc5)cc4)c4ccc5c(c4)-c4ccccc4C54c5ccccc5-c5ccccc54)c23)CC1. The van der Waals surface area contributed by atoms with Crippen LogP contribution in [0.5, 0.6) is 0 Å². The van der Waals surface area contributed by atoms with Gasteiger partial charge in [0.2, 0.25) is 0 Å². The van der Waals surface area contributed by atoms with Crippen molar-refractivity contribution in [1.82, 2.24) is 0 Å². The molecule has 0 bridgehead atoms. The van der Waals surface area contributed by atoms with Crippen LogP contribution in [-0.2, 0) is 11.8 Å². The zero-order valence-electron chi connectivity index (χ0n) is 28.0. The van der Waals surface area contributed by atoms with Crippen LogP contribution >= 0.6 is 0 Å². The number of rotatable bonds is 4. The van der Waals surface area contributed by atoms with Crippen molar-refractivity contribution in [2.24, 2.45) is 0 Å². The second kappa shape index (κ2) is 10.8. The van der Waals surface area contributed by atoms with Gasteiger partial charge in [0, 0.05) is 23.4 Å². The first-order valence-corrected chi connectivity index (χ1v) is 17.9. The normalized spacial score (nSPS) is 14.2. The molecule has 11 rings (SSSR count). The smallest absolute Gasteiger partial charge is 0.137 e. The third-order valence-corrected chi connectivity index (χ3v) is 11.3. The monoisotopic (exact) mass is 651 g/mol. The second-order valence-corrected chi connectivity index (χ2v) is 13.9. The topological polar surface area (TPSA) is 16.4 Å². The fraction of sp³-hybridized carbons (Fsp3) is 0.0612. The third kappa shape index (κ3) is 3.93. The molecule has 0 fully saturated rings. The summed E-state index contributed by atoms with van der Waals surface area (Å²) in [6, 6.07) is 60.3. The van der Waals surface area contributed by atoms with Gasteiger partial charge in [-0.1, -0.05) is 140 Å². The molecular weight excluding hydrogens is 619 g/mol. The lowest BCUT2D eigenvalue weighted by Gasteiger charge is -2.31. The molecular formula is C49H33NO. The van der Waals surface area contributed by atoms with Gasteiger partial charge in [0.1, 0.15) is 11.3 Å². The van der Waals surface area contributed by atoms with Gasteiger partial charge in [-0.2, -0.15) is 0 Å².